The summed E-state index contributed by atoms with van der Waals surface area (Å²) in [7, 11) is 1.60. The first-order valence-electron chi connectivity index (χ1n) is 7.70. The van der Waals surface area contributed by atoms with Gasteiger partial charge in [-0.1, -0.05) is 29.8 Å². The normalized spacial score (nSPS) is 16.1. The van der Waals surface area contributed by atoms with E-state index >= 15 is 0 Å². The lowest BCUT2D eigenvalue weighted by Crippen LogP contribution is -2.32. The average Bonchev–Trinajstić information content (AvgIpc) is 2.58. The third kappa shape index (κ3) is 4.34. The molecule has 2 amide bonds. The fraction of sp³-hybridized carbons (Fsp3) is 0.222. The molecule has 3 rings (SSSR count). The van der Waals surface area contributed by atoms with Gasteiger partial charge in [0.2, 0.25) is 11.8 Å². The van der Waals surface area contributed by atoms with Gasteiger partial charge in [0.15, 0.2) is 0 Å². The summed E-state index contributed by atoms with van der Waals surface area (Å²) in [6.45, 7) is 0.406. The first-order chi connectivity index (χ1) is 12.1. The predicted octanol–water partition coefficient (Wildman–Crippen LogP) is 3.93. The van der Waals surface area contributed by atoms with Crippen LogP contribution in [0.2, 0.25) is 5.02 Å². The molecule has 25 heavy (non-hydrogen) atoms. The van der Waals surface area contributed by atoms with E-state index in [0.29, 0.717) is 23.0 Å². The number of nitrogens with one attached hydrogen (secondary N) is 2. The first kappa shape index (κ1) is 17.8. The van der Waals surface area contributed by atoms with Crippen molar-refractivity contribution in [3.05, 3.63) is 53.1 Å². The number of carbonyl (C=O) groups excluding carboxylic acids is 2. The van der Waals surface area contributed by atoms with Gasteiger partial charge in [0.25, 0.3) is 0 Å². The number of methoxy groups -OCH3 is 1. The Kier molecular flexibility index (Phi) is 5.63. The maximum absolute atomic E-state index is 12.4. The Balaban J connectivity index is 1.67. The zero-order chi connectivity index (χ0) is 17.8. The molecular weight excluding hydrogens is 360 g/mol. The zero-order valence-electron chi connectivity index (χ0n) is 13.5. The van der Waals surface area contributed by atoms with E-state index in [4.69, 9.17) is 16.3 Å². The van der Waals surface area contributed by atoms with Crippen molar-refractivity contribution in [2.75, 3.05) is 17.7 Å². The van der Waals surface area contributed by atoms with Crippen molar-refractivity contribution in [1.82, 2.24) is 0 Å². The van der Waals surface area contributed by atoms with Crippen molar-refractivity contribution >= 4 is 46.6 Å². The topological polar surface area (TPSA) is 67.4 Å². The standard InChI is InChI=1S/C18H17ClN2O3S/c1-24-10-11-4-2-3-5-13(11)20-17(22)9-16-18(23)21-14-8-12(19)6-7-15(14)25-16/h2-8,16H,9-10H2,1H3,(H,20,22)(H,21,23). The maximum Gasteiger partial charge on any atom is 0.238 e. The third-order valence-corrected chi connectivity index (χ3v) is 5.23. The summed E-state index contributed by atoms with van der Waals surface area (Å²) in [6.07, 6.45) is 0.0832. The first-order valence-corrected chi connectivity index (χ1v) is 8.96. The van der Waals surface area contributed by atoms with E-state index < -0.39 is 5.25 Å². The van der Waals surface area contributed by atoms with Gasteiger partial charge in [-0.15, -0.1) is 11.8 Å². The molecule has 0 bridgehead atoms. The molecule has 1 aliphatic heterocycles. The number of hydrogen-bond donors (Lipinski definition) is 2. The van der Waals surface area contributed by atoms with Gasteiger partial charge in [0.05, 0.1) is 17.5 Å². The van der Waals surface area contributed by atoms with Crippen molar-refractivity contribution in [1.29, 1.82) is 0 Å². The highest BCUT2D eigenvalue weighted by Gasteiger charge is 2.29. The van der Waals surface area contributed by atoms with Crippen molar-refractivity contribution in [3.8, 4) is 0 Å². The van der Waals surface area contributed by atoms with Crippen LogP contribution in [0.4, 0.5) is 11.4 Å². The number of rotatable bonds is 5. The highest BCUT2D eigenvalue weighted by atomic mass is 35.5. The average molecular weight is 377 g/mol. The lowest BCUT2D eigenvalue weighted by atomic mass is 10.1. The van der Waals surface area contributed by atoms with Gasteiger partial charge < -0.3 is 15.4 Å². The molecule has 2 N–H and O–H groups in total. The minimum atomic E-state index is -0.483. The van der Waals surface area contributed by atoms with Crippen LogP contribution in [0.1, 0.15) is 12.0 Å². The summed E-state index contributed by atoms with van der Waals surface area (Å²) in [5.41, 5.74) is 2.27. The van der Waals surface area contributed by atoms with E-state index in [0.717, 1.165) is 10.5 Å². The number of halogens is 1. The molecule has 5 nitrogen and oxygen atoms in total. The fourth-order valence-electron chi connectivity index (χ4n) is 2.55. The number of benzene rings is 2. The zero-order valence-corrected chi connectivity index (χ0v) is 15.1. The second kappa shape index (κ2) is 7.91. The minimum absolute atomic E-state index is 0.0832. The molecule has 0 saturated heterocycles. The number of hydrogen-bond acceptors (Lipinski definition) is 4. The maximum atomic E-state index is 12.4. The van der Waals surface area contributed by atoms with Crippen LogP contribution < -0.4 is 10.6 Å². The molecule has 0 radical (unpaired) electrons. The van der Waals surface area contributed by atoms with Gasteiger partial charge in [-0.3, -0.25) is 9.59 Å². The lowest BCUT2D eigenvalue weighted by Gasteiger charge is -2.24. The van der Waals surface area contributed by atoms with Crippen molar-refractivity contribution in [3.63, 3.8) is 0 Å². The number of thioether (sulfide) groups is 1. The van der Waals surface area contributed by atoms with Gasteiger partial charge in [0.1, 0.15) is 0 Å². The van der Waals surface area contributed by atoms with E-state index in [2.05, 4.69) is 10.6 Å². The highest BCUT2D eigenvalue weighted by Crippen LogP contribution is 2.38. The van der Waals surface area contributed by atoms with Crippen LogP contribution >= 0.6 is 23.4 Å². The van der Waals surface area contributed by atoms with Crippen LogP contribution in [-0.2, 0) is 20.9 Å². The molecule has 130 valence electrons. The SMILES string of the molecule is COCc1ccccc1NC(=O)CC1Sc2ccc(Cl)cc2NC1=O. The number of anilines is 2. The molecule has 0 fully saturated rings. The van der Waals surface area contributed by atoms with Gasteiger partial charge >= 0.3 is 0 Å². The van der Waals surface area contributed by atoms with Crippen LogP contribution in [0.5, 0.6) is 0 Å². The van der Waals surface area contributed by atoms with Crippen molar-refractivity contribution in [2.45, 2.75) is 23.2 Å². The van der Waals surface area contributed by atoms with E-state index in [9.17, 15) is 9.59 Å². The van der Waals surface area contributed by atoms with Gasteiger partial charge in [0, 0.05) is 34.7 Å². The Labute approximate surface area is 155 Å². The molecule has 7 heteroatoms. The monoisotopic (exact) mass is 376 g/mol. The number of ether oxygens (including phenoxy) is 1. The molecule has 0 spiro atoms. The second-order valence-corrected chi connectivity index (χ2v) is 7.26. The van der Waals surface area contributed by atoms with Crippen LogP contribution in [0.15, 0.2) is 47.4 Å². The Bertz CT molecular complexity index is 813. The van der Waals surface area contributed by atoms with E-state index in [-0.39, 0.29) is 18.2 Å². The lowest BCUT2D eigenvalue weighted by molar-refractivity contribution is -0.120. The molecule has 0 aromatic heterocycles. The smallest absolute Gasteiger partial charge is 0.238 e. The Morgan fingerprint density at radius 1 is 1.32 bits per heavy atom. The third-order valence-electron chi connectivity index (χ3n) is 3.72. The van der Waals surface area contributed by atoms with Crippen LogP contribution in [-0.4, -0.2) is 24.2 Å². The molecule has 0 saturated carbocycles. The van der Waals surface area contributed by atoms with E-state index in [1.807, 2.05) is 30.3 Å². The second-order valence-electron chi connectivity index (χ2n) is 5.58. The summed E-state index contributed by atoms with van der Waals surface area (Å²) in [5, 5.41) is 5.75. The van der Waals surface area contributed by atoms with Crippen LogP contribution in [0.3, 0.4) is 0 Å². The summed E-state index contributed by atoms with van der Waals surface area (Å²) in [4.78, 5) is 25.5. The Hall–Kier alpha value is -2.02. The number of fused-ring (bicyclic) bond motifs is 1. The van der Waals surface area contributed by atoms with Crippen molar-refractivity contribution < 1.29 is 14.3 Å². The molecule has 0 aliphatic carbocycles. The van der Waals surface area contributed by atoms with Gasteiger partial charge in [-0.25, -0.2) is 0 Å². The number of carbonyl (C=O) groups is 2. The fourth-order valence-corrected chi connectivity index (χ4v) is 3.81. The molecular formula is C18H17ClN2O3S. The molecule has 1 unspecified atom stereocenters. The van der Waals surface area contributed by atoms with E-state index in [1.165, 1.54) is 11.8 Å². The molecule has 1 heterocycles. The summed E-state index contributed by atoms with van der Waals surface area (Å²) in [6, 6.07) is 12.8. The van der Waals surface area contributed by atoms with E-state index in [1.54, 1.807) is 19.2 Å². The quantitative estimate of drug-likeness (QED) is 0.829. The number of amides is 2. The summed E-state index contributed by atoms with van der Waals surface area (Å²) < 4.78 is 5.14. The van der Waals surface area contributed by atoms with Crippen LogP contribution in [0, 0.1) is 0 Å². The Morgan fingerprint density at radius 3 is 2.92 bits per heavy atom. The largest absolute Gasteiger partial charge is 0.380 e. The minimum Gasteiger partial charge on any atom is -0.380 e. The summed E-state index contributed by atoms with van der Waals surface area (Å²) >= 11 is 7.31. The Morgan fingerprint density at radius 2 is 2.12 bits per heavy atom. The van der Waals surface area contributed by atoms with Gasteiger partial charge in [-0.2, -0.15) is 0 Å². The van der Waals surface area contributed by atoms with Gasteiger partial charge in [-0.05, 0) is 24.3 Å². The summed E-state index contributed by atoms with van der Waals surface area (Å²) in [5.74, 6) is -0.409. The molecule has 2 aromatic carbocycles. The molecule has 1 aliphatic rings. The predicted molar refractivity (Wildman–Crippen MR) is 100 cm³/mol. The van der Waals surface area contributed by atoms with Crippen molar-refractivity contribution in [2.24, 2.45) is 0 Å². The molecule has 1 atom stereocenters. The highest BCUT2D eigenvalue weighted by molar-refractivity contribution is 8.01. The molecule has 2 aromatic rings. The van der Waals surface area contributed by atoms with Crippen LogP contribution in [0.25, 0.3) is 0 Å². The number of para-hydroxylation sites is 1.